The third kappa shape index (κ3) is 3.45. The van der Waals surface area contributed by atoms with Crippen LogP contribution in [-0.2, 0) is 39.3 Å². The van der Waals surface area contributed by atoms with Crippen LogP contribution in [0.3, 0.4) is 0 Å². The summed E-state index contributed by atoms with van der Waals surface area (Å²) in [5, 5.41) is 2.80. The molecule has 1 aromatic carbocycles. The molecule has 0 aliphatic rings. The van der Waals surface area contributed by atoms with E-state index >= 15 is 0 Å². The van der Waals surface area contributed by atoms with Gasteiger partial charge in [0.1, 0.15) is 0 Å². The molecule has 1 radical (unpaired) electrons. The van der Waals surface area contributed by atoms with Crippen molar-refractivity contribution >= 4 is 0 Å². The van der Waals surface area contributed by atoms with Crippen LogP contribution in [0.15, 0.2) is 24.3 Å². The topological polar surface area (TPSA) is 12.0 Å². The van der Waals surface area contributed by atoms with Gasteiger partial charge in [0, 0.05) is 32.7 Å². The molecule has 1 rings (SSSR count). The van der Waals surface area contributed by atoms with Crippen LogP contribution >= 0.6 is 0 Å². The molecular formula is C8H9NY-2. The zero-order valence-corrected chi connectivity index (χ0v) is 8.64. The molecule has 0 amide bonds. The minimum absolute atomic E-state index is 0. The summed E-state index contributed by atoms with van der Waals surface area (Å²) >= 11 is 0. The van der Waals surface area contributed by atoms with Crippen molar-refractivity contribution in [3.05, 3.63) is 42.9 Å². The van der Waals surface area contributed by atoms with Crippen molar-refractivity contribution in [2.45, 2.75) is 6.54 Å². The van der Waals surface area contributed by atoms with Crippen LogP contribution in [0.25, 0.3) is 0 Å². The predicted octanol–water partition coefficient (Wildman–Crippen LogP) is 1.37. The van der Waals surface area contributed by atoms with Crippen LogP contribution < -0.4 is 5.32 Å². The molecule has 0 aromatic heterocycles. The van der Waals surface area contributed by atoms with Crippen LogP contribution in [-0.4, -0.2) is 0 Å². The van der Waals surface area contributed by atoms with Crippen LogP contribution in [0.1, 0.15) is 5.56 Å². The van der Waals surface area contributed by atoms with Crippen molar-refractivity contribution in [1.82, 2.24) is 5.32 Å². The van der Waals surface area contributed by atoms with Gasteiger partial charge in [0.2, 0.25) is 0 Å². The summed E-state index contributed by atoms with van der Waals surface area (Å²) in [5.41, 5.74) is 1.15. The predicted molar refractivity (Wildman–Crippen MR) is 37.5 cm³/mol. The molecule has 1 N–H and O–H groups in total. The van der Waals surface area contributed by atoms with Crippen molar-refractivity contribution in [2.75, 3.05) is 0 Å². The molecule has 0 saturated carbocycles. The smallest absolute Gasteiger partial charge is 0 e. The fourth-order valence-corrected chi connectivity index (χ4v) is 0.675. The second-order valence-electron chi connectivity index (χ2n) is 1.81. The Labute approximate surface area is 87.1 Å². The molecule has 0 atom stereocenters. The summed E-state index contributed by atoms with van der Waals surface area (Å²) in [6.45, 7) is 0.792. The van der Waals surface area contributed by atoms with Crippen LogP contribution in [0.2, 0.25) is 0 Å². The zero-order valence-electron chi connectivity index (χ0n) is 5.80. The van der Waals surface area contributed by atoms with Crippen LogP contribution in [0, 0.1) is 13.1 Å². The SMILES string of the molecule is [CH2-]NCc1[c-]cccc1.[Y]. The Balaban J connectivity index is 0.000000810. The summed E-state index contributed by atoms with van der Waals surface area (Å²) < 4.78 is 0. The normalized spacial score (nSPS) is 8.50. The van der Waals surface area contributed by atoms with Crippen molar-refractivity contribution in [1.29, 1.82) is 0 Å². The van der Waals surface area contributed by atoms with E-state index in [9.17, 15) is 0 Å². The molecular weight excluding hydrogens is 199 g/mol. The fraction of sp³-hybridized carbons (Fsp3) is 0.125. The number of benzene rings is 1. The monoisotopic (exact) mass is 208 g/mol. The van der Waals surface area contributed by atoms with E-state index in [1.54, 1.807) is 0 Å². The summed E-state index contributed by atoms with van der Waals surface area (Å²) in [5.74, 6) is 0. The third-order valence-corrected chi connectivity index (χ3v) is 1.09. The molecule has 2 heteroatoms. The Morgan fingerprint density at radius 3 is 2.80 bits per heavy atom. The van der Waals surface area contributed by atoms with E-state index in [1.165, 1.54) is 0 Å². The summed E-state index contributed by atoms with van der Waals surface area (Å²) in [4.78, 5) is 0. The Morgan fingerprint density at radius 2 is 2.30 bits per heavy atom. The van der Waals surface area contributed by atoms with E-state index in [-0.39, 0.29) is 32.7 Å². The molecule has 10 heavy (non-hydrogen) atoms. The molecule has 51 valence electrons. The fourth-order valence-electron chi connectivity index (χ4n) is 0.675. The van der Waals surface area contributed by atoms with Crippen LogP contribution in [0.5, 0.6) is 0 Å². The zero-order chi connectivity index (χ0) is 6.53. The van der Waals surface area contributed by atoms with Crippen LogP contribution in [0.4, 0.5) is 0 Å². The number of nitrogens with one attached hydrogen (secondary N) is 1. The summed E-state index contributed by atoms with van der Waals surface area (Å²) in [7, 11) is 3.51. The van der Waals surface area contributed by atoms with Gasteiger partial charge in [0.05, 0.1) is 0 Å². The number of hydrogen-bond donors (Lipinski definition) is 1. The Hall–Kier alpha value is 0.284. The molecule has 0 fully saturated rings. The van der Waals surface area contributed by atoms with Gasteiger partial charge in [-0.25, -0.2) is 0 Å². The van der Waals surface area contributed by atoms with Gasteiger partial charge < -0.3 is 5.32 Å². The van der Waals surface area contributed by atoms with Gasteiger partial charge >= 0.3 is 0 Å². The first kappa shape index (κ1) is 10.3. The summed E-state index contributed by atoms with van der Waals surface area (Å²) in [6, 6.07) is 10.9. The Bertz CT molecular complexity index is 162. The van der Waals surface area contributed by atoms with E-state index in [4.69, 9.17) is 0 Å². The molecule has 0 saturated heterocycles. The van der Waals surface area contributed by atoms with Crippen molar-refractivity contribution in [2.24, 2.45) is 0 Å². The molecule has 1 aromatic rings. The molecule has 1 nitrogen and oxygen atoms in total. The van der Waals surface area contributed by atoms with Gasteiger partial charge in [-0.2, -0.15) is 35.9 Å². The molecule has 0 spiro atoms. The van der Waals surface area contributed by atoms with Gasteiger partial charge in [-0.1, -0.05) is 0 Å². The van der Waals surface area contributed by atoms with Gasteiger partial charge in [-0.05, 0) is 6.54 Å². The Kier molecular flexibility index (Phi) is 6.20. The molecule has 0 aliphatic carbocycles. The average molecular weight is 208 g/mol. The average Bonchev–Trinajstić information content (AvgIpc) is 1.91. The van der Waals surface area contributed by atoms with Gasteiger partial charge in [0.25, 0.3) is 0 Å². The second-order valence-corrected chi connectivity index (χ2v) is 1.81. The van der Waals surface area contributed by atoms with E-state index in [0.717, 1.165) is 12.1 Å². The molecule has 0 aliphatic heterocycles. The Morgan fingerprint density at radius 1 is 1.50 bits per heavy atom. The van der Waals surface area contributed by atoms with Gasteiger partial charge in [-0.3, -0.25) is 7.05 Å². The quantitative estimate of drug-likeness (QED) is 0.723. The van der Waals surface area contributed by atoms with Crippen molar-refractivity contribution in [3.63, 3.8) is 0 Å². The maximum atomic E-state index is 3.51. The van der Waals surface area contributed by atoms with Crippen molar-refractivity contribution < 1.29 is 32.7 Å². The molecule has 0 unspecified atom stereocenters. The van der Waals surface area contributed by atoms with Gasteiger partial charge in [0.15, 0.2) is 0 Å². The first-order chi connectivity index (χ1) is 4.43. The molecule has 0 heterocycles. The molecule has 0 bridgehead atoms. The first-order valence-electron chi connectivity index (χ1n) is 2.89. The minimum Gasteiger partial charge on any atom is -0.471 e. The van der Waals surface area contributed by atoms with E-state index < -0.39 is 0 Å². The summed E-state index contributed by atoms with van der Waals surface area (Å²) in [6.07, 6.45) is 0. The van der Waals surface area contributed by atoms with E-state index in [1.807, 2.05) is 24.3 Å². The largest absolute Gasteiger partial charge is 0.471 e. The number of hydrogen-bond acceptors (Lipinski definition) is 1. The van der Waals surface area contributed by atoms with E-state index in [2.05, 4.69) is 18.4 Å². The van der Waals surface area contributed by atoms with E-state index in [0.29, 0.717) is 0 Å². The first-order valence-corrected chi connectivity index (χ1v) is 2.89. The van der Waals surface area contributed by atoms with Crippen molar-refractivity contribution in [3.8, 4) is 0 Å². The minimum atomic E-state index is 0. The second kappa shape index (κ2) is 6.02. The standard InChI is InChI=1S/C8H9N.Y/c1-9-7-8-5-3-2-4-6-8;/h2-5,9H,1,7H2;/q-2;. The maximum absolute atomic E-state index is 3.51. The maximum Gasteiger partial charge on any atom is 0 e. The number of rotatable bonds is 2. The third-order valence-electron chi connectivity index (χ3n) is 1.09. The van der Waals surface area contributed by atoms with Gasteiger partial charge in [-0.15, -0.1) is 0 Å².